The molecule has 0 aliphatic rings. The average Bonchev–Trinajstić information content (AvgIpc) is 2.70. The fraction of sp³-hybridized carbons (Fsp3) is 0.900. The molecule has 0 radical (unpaired) electrons. The first kappa shape index (κ1) is 28.2. The van der Waals surface area contributed by atoms with E-state index in [1.165, 1.54) is 25.7 Å². The standard InChI is InChI=1S/C20H39O5PS2/c1-3-5-7-9-11-13-20(12-10-8-6-4-2)26(23,24-14-16-27-18-21)25-15-17-28-19-22/h18-20H,3-17H2,1-2H3. The maximum absolute atomic E-state index is 13.6. The lowest BCUT2D eigenvalue weighted by Gasteiger charge is -2.27. The predicted octanol–water partition coefficient (Wildman–Crippen LogP) is 6.76. The Hall–Kier alpha value is 0.190. The Morgan fingerprint density at radius 1 is 0.750 bits per heavy atom. The van der Waals surface area contributed by atoms with E-state index in [0.29, 0.717) is 11.5 Å². The molecule has 0 aromatic rings. The fourth-order valence-electron chi connectivity index (χ4n) is 3.02. The predicted molar refractivity (Wildman–Crippen MR) is 124 cm³/mol. The quantitative estimate of drug-likeness (QED) is 0.102. The summed E-state index contributed by atoms with van der Waals surface area (Å²) in [4.78, 5) is 21.0. The maximum Gasteiger partial charge on any atom is 0.333 e. The molecule has 0 aromatic heterocycles. The van der Waals surface area contributed by atoms with Gasteiger partial charge in [0.25, 0.3) is 0 Å². The van der Waals surface area contributed by atoms with Crippen LogP contribution in [0.3, 0.4) is 0 Å². The second-order valence-electron chi connectivity index (χ2n) is 6.85. The van der Waals surface area contributed by atoms with Gasteiger partial charge in [-0.2, -0.15) is 0 Å². The van der Waals surface area contributed by atoms with Crippen LogP contribution in [0.4, 0.5) is 0 Å². The van der Waals surface area contributed by atoms with Gasteiger partial charge in [-0.3, -0.25) is 14.2 Å². The smallest absolute Gasteiger partial charge is 0.307 e. The third-order valence-electron chi connectivity index (χ3n) is 4.56. The molecule has 0 spiro atoms. The van der Waals surface area contributed by atoms with Gasteiger partial charge in [0, 0.05) is 11.5 Å². The summed E-state index contributed by atoms with van der Waals surface area (Å²) in [5.41, 5.74) is 1.44. The van der Waals surface area contributed by atoms with Gasteiger partial charge in [-0.1, -0.05) is 95.2 Å². The fourth-order valence-corrected chi connectivity index (χ4v) is 6.00. The molecule has 0 saturated carbocycles. The maximum atomic E-state index is 13.6. The van der Waals surface area contributed by atoms with Crippen molar-refractivity contribution in [3.63, 3.8) is 0 Å². The van der Waals surface area contributed by atoms with Crippen LogP contribution in [0.25, 0.3) is 0 Å². The highest BCUT2D eigenvalue weighted by Crippen LogP contribution is 2.56. The van der Waals surface area contributed by atoms with Crippen LogP contribution in [0, 0.1) is 0 Å². The lowest BCUT2D eigenvalue weighted by Crippen LogP contribution is -2.16. The molecule has 5 nitrogen and oxygen atoms in total. The minimum Gasteiger partial charge on any atom is -0.307 e. The summed E-state index contributed by atoms with van der Waals surface area (Å²) in [6.07, 6.45) is 12.0. The molecule has 8 heteroatoms. The summed E-state index contributed by atoms with van der Waals surface area (Å²) >= 11 is 2.22. The van der Waals surface area contributed by atoms with Gasteiger partial charge in [0.15, 0.2) is 11.2 Å². The van der Waals surface area contributed by atoms with Gasteiger partial charge >= 0.3 is 7.60 Å². The molecule has 0 aliphatic heterocycles. The molecule has 0 saturated heterocycles. The highest BCUT2D eigenvalue weighted by Gasteiger charge is 2.35. The molecule has 1 unspecified atom stereocenters. The first-order chi connectivity index (χ1) is 13.6. The van der Waals surface area contributed by atoms with Crippen LogP contribution in [0.1, 0.15) is 84.5 Å². The first-order valence-electron chi connectivity index (χ1n) is 10.6. The Morgan fingerprint density at radius 3 is 1.61 bits per heavy atom. The summed E-state index contributed by atoms with van der Waals surface area (Å²) in [6.45, 7) is 4.85. The second kappa shape index (κ2) is 20.5. The molecule has 166 valence electrons. The van der Waals surface area contributed by atoms with Crippen molar-refractivity contribution >= 4 is 42.4 Å². The van der Waals surface area contributed by atoms with Crippen molar-refractivity contribution in [3.05, 3.63) is 0 Å². The zero-order valence-electron chi connectivity index (χ0n) is 17.6. The van der Waals surface area contributed by atoms with Crippen LogP contribution in [0.2, 0.25) is 0 Å². The van der Waals surface area contributed by atoms with Crippen LogP contribution in [-0.4, -0.2) is 41.6 Å². The Balaban J connectivity index is 4.89. The monoisotopic (exact) mass is 454 g/mol. The zero-order valence-corrected chi connectivity index (χ0v) is 20.2. The number of unbranched alkanes of at least 4 members (excludes halogenated alkanes) is 7. The lowest BCUT2D eigenvalue weighted by atomic mass is 10.0. The van der Waals surface area contributed by atoms with Crippen LogP contribution in [0.15, 0.2) is 0 Å². The van der Waals surface area contributed by atoms with Gasteiger partial charge < -0.3 is 9.05 Å². The van der Waals surface area contributed by atoms with E-state index in [4.69, 9.17) is 9.05 Å². The zero-order chi connectivity index (χ0) is 20.9. The highest BCUT2D eigenvalue weighted by molar-refractivity contribution is 8.12. The first-order valence-corrected chi connectivity index (χ1v) is 14.3. The third kappa shape index (κ3) is 15.1. The molecule has 0 bridgehead atoms. The molecule has 0 aromatic carbocycles. The molecule has 0 aliphatic carbocycles. The molecule has 0 rings (SSSR count). The van der Waals surface area contributed by atoms with Gasteiger partial charge in [-0.25, -0.2) is 0 Å². The number of rotatable bonds is 22. The number of thioether (sulfide) groups is 2. The van der Waals surface area contributed by atoms with Crippen LogP contribution < -0.4 is 0 Å². The van der Waals surface area contributed by atoms with Crippen molar-refractivity contribution in [1.82, 2.24) is 0 Å². The minimum atomic E-state index is -3.27. The Labute approximate surface area is 180 Å². The number of hydrogen-bond acceptors (Lipinski definition) is 7. The molecule has 0 fully saturated rings. The number of carbonyl (C=O) groups excluding carboxylic acids is 2. The third-order valence-corrected chi connectivity index (χ3v) is 8.13. The van der Waals surface area contributed by atoms with Gasteiger partial charge in [-0.05, 0) is 12.8 Å². The minimum absolute atomic E-state index is 0.103. The Bertz CT molecular complexity index is 403. The molecular weight excluding hydrogens is 415 g/mol. The normalized spacial score (nSPS) is 12.8. The summed E-state index contributed by atoms with van der Waals surface area (Å²) in [5, 5.41) is 0. The van der Waals surface area contributed by atoms with E-state index in [1.807, 2.05) is 0 Å². The summed E-state index contributed by atoms with van der Waals surface area (Å²) < 4.78 is 25.1. The van der Waals surface area contributed by atoms with Crippen LogP contribution in [0.5, 0.6) is 0 Å². The largest absolute Gasteiger partial charge is 0.333 e. The van der Waals surface area contributed by atoms with Crippen molar-refractivity contribution in [1.29, 1.82) is 0 Å². The molecule has 0 heterocycles. The average molecular weight is 455 g/mol. The van der Waals surface area contributed by atoms with Gasteiger partial charge in [0.1, 0.15) is 0 Å². The van der Waals surface area contributed by atoms with E-state index in [0.717, 1.165) is 79.7 Å². The highest BCUT2D eigenvalue weighted by atomic mass is 32.2. The van der Waals surface area contributed by atoms with Crippen molar-refractivity contribution in [2.45, 2.75) is 90.1 Å². The van der Waals surface area contributed by atoms with Gasteiger partial charge in [-0.15, -0.1) is 0 Å². The van der Waals surface area contributed by atoms with Crippen molar-refractivity contribution < 1.29 is 23.2 Å². The number of carbonyl (C=O) groups is 2. The van der Waals surface area contributed by atoms with Crippen molar-refractivity contribution in [3.8, 4) is 0 Å². The van der Waals surface area contributed by atoms with E-state index >= 15 is 0 Å². The second-order valence-corrected chi connectivity index (χ2v) is 11.0. The van der Waals surface area contributed by atoms with Crippen LogP contribution in [-0.2, 0) is 23.2 Å². The van der Waals surface area contributed by atoms with E-state index in [2.05, 4.69) is 13.8 Å². The molecular formula is C20H39O5PS2. The van der Waals surface area contributed by atoms with E-state index in [9.17, 15) is 14.2 Å². The van der Waals surface area contributed by atoms with Crippen molar-refractivity contribution in [2.75, 3.05) is 24.7 Å². The molecule has 28 heavy (non-hydrogen) atoms. The van der Waals surface area contributed by atoms with Gasteiger partial charge in [0.2, 0.25) is 0 Å². The van der Waals surface area contributed by atoms with E-state index in [1.54, 1.807) is 0 Å². The summed E-state index contributed by atoms with van der Waals surface area (Å²) in [5.74, 6) is 0.942. The van der Waals surface area contributed by atoms with Gasteiger partial charge in [0.05, 0.1) is 18.9 Å². The summed E-state index contributed by atoms with van der Waals surface area (Å²) in [7, 11) is -3.27. The topological polar surface area (TPSA) is 69.7 Å². The Morgan fingerprint density at radius 2 is 1.18 bits per heavy atom. The van der Waals surface area contributed by atoms with E-state index < -0.39 is 7.60 Å². The Kier molecular flexibility index (Phi) is 20.6. The van der Waals surface area contributed by atoms with E-state index in [-0.39, 0.29) is 18.9 Å². The van der Waals surface area contributed by atoms with Crippen LogP contribution >= 0.6 is 31.1 Å². The SMILES string of the molecule is CCCCCCCC(CCCCCC)P(=O)(OCCSC=O)OCCSC=O. The lowest BCUT2D eigenvalue weighted by molar-refractivity contribution is 0.210. The molecule has 0 N–H and O–H groups in total. The van der Waals surface area contributed by atoms with Crippen molar-refractivity contribution in [2.24, 2.45) is 0 Å². The molecule has 0 amide bonds. The molecule has 1 atom stereocenters. The number of hydrogen-bond donors (Lipinski definition) is 0. The summed E-state index contributed by atoms with van der Waals surface area (Å²) in [6, 6.07) is 0.